The number of pyridine rings is 2. The van der Waals surface area contributed by atoms with Crippen LogP contribution in [-0.4, -0.2) is 36.4 Å². The van der Waals surface area contributed by atoms with Gasteiger partial charge in [-0.1, -0.05) is 30.8 Å². The molecule has 0 aliphatic carbocycles. The van der Waals surface area contributed by atoms with Crippen LogP contribution in [0.1, 0.15) is 42.4 Å². The lowest BCUT2D eigenvalue weighted by Crippen LogP contribution is -2.36. The van der Waals surface area contributed by atoms with E-state index in [0.717, 1.165) is 24.4 Å². The Balaban J connectivity index is 1.55. The molecular formula is C22H23N5S. The van der Waals surface area contributed by atoms with Gasteiger partial charge in [0.15, 0.2) is 5.17 Å². The van der Waals surface area contributed by atoms with Crippen molar-refractivity contribution in [2.75, 3.05) is 5.75 Å². The van der Waals surface area contributed by atoms with Crippen LogP contribution in [0.25, 0.3) is 0 Å². The van der Waals surface area contributed by atoms with Crippen LogP contribution in [0.3, 0.4) is 0 Å². The third-order valence-electron chi connectivity index (χ3n) is 5.57. The maximum Gasteiger partial charge on any atom is 0.160 e. The molecule has 0 saturated carbocycles. The fraction of sp³-hybridized carbons (Fsp3) is 0.318. The van der Waals surface area contributed by atoms with Crippen LogP contribution in [0.2, 0.25) is 0 Å². The molecule has 0 N–H and O–H groups in total. The monoisotopic (exact) mass is 389 g/mol. The van der Waals surface area contributed by atoms with Gasteiger partial charge in [0.25, 0.3) is 0 Å². The molecule has 2 aliphatic rings. The lowest BCUT2D eigenvalue weighted by atomic mass is 9.99. The summed E-state index contributed by atoms with van der Waals surface area (Å²) >= 11 is 1.88. The van der Waals surface area contributed by atoms with Crippen LogP contribution in [0.15, 0.2) is 72.2 Å². The molecule has 0 aromatic carbocycles. The molecule has 3 atom stereocenters. The number of fused-ring (bicyclic) bond motifs is 1. The molecule has 0 radical (unpaired) electrons. The van der Waals surface area contributed by atoms with E-state index in [0.29, 0.717) is 6.04 Å². The van der Waals surface area contributed by atoms with E-state index < -0.39 is 0 Å². The summed E-state index contributed by atoms with van der Waals surface area (Å²) in [4.78, 5) is 16.6. The minimum absolute atomic E-state index is 0.0283. The van der Waals surface area contributed by atoms with Crippen LogP contribution in [0.5, 0.6) is 0 Å². The molecular weight excluding hydrogens is 366 g/mol. The van der Waals surface area contributed by atoms with Gasteiger partial charge in [-0.3, -0.25) is 15.0 Å². The Morgan fingerprint density at radius 1 is 1.11 bits per heavy atom. The normalized spacial score (nSPS) is 23.7. The van der Waals surface area contributed by atoms with Crippen molar-refractivity contribution in [3.63, 3.8) is 0 Å². The highest BCUT2D eigenvalue weighted by Gasteiger charge is 2.46. The van der Waals surface area contributed by atoms with E-state index in [1.807, 2.05) is 42.5 Å². The molecule has 0 spiro atoms. The van der Waals surface area contributed by atoms with E-state index in [-0.39, 0.29) is 12.1 Å². The summed E-state index contributed by atoms with van der Waals surface area (Å²) in [6.07, 6.45) is 8.93. The number of hydrogen-bond donors (Lipinski definition) is 0. The van der Waals surface area contributed by atoms with E-state index in [4.69, 9.17) is 4.99 Å². The predicted octanol–water partition coefficient (Wildman–Crippen LogP) is 4.31. The molecule has 0 unspecified atom stereocenters. The fourth-order valence-electron chi connectivity index (χ4n) is 4.20. The Kier molecular flexibility index (Phi) is 4.64. The number of aromatic nitrogens is 3. The van der Waals surface area contributed by atoms with E-state index >= 15 is 0 Å². The Morgan fingerprint density at radius 3 is 2.86 bits per heavy atom. The highest BCUT2D eigenvalue weighted by molar-refractivity contribution is 8.14. The van der Waals surface area contributed by atoms with Gasteiger partial charge < -0.3 is 9.47 Å². The smallest absolute Gasteiger partial charge is 0.160 e. The molecule has 1 saturated heterocycles. The third-order valence-corrected chi connectivity index (χ3v) is 6.70. The number of rotatable bonds is 5. The molecule has 5 heterocycles. The van der Waals surface area contributed by atoms with Gasteiger partial charge in [-0.2, -0.15) is 0 Å². The molecule has 0 amide bonds. The van der Waals surface area contributed by atoms with E-state index in [2.05, 4.69) is 62.9 Å². The Bertz CT molecular complexity index is 969. The van der Waals surface area contributed by atoms with Crippen molar-refractivity contribution in [3.8, 4) is 0 Å². The highest BCUT2D eigenvalue weighted by atomic mass is 32.2. The molecule has 0 bridgehead atoms. The first-order valence-electron chi connectivity index (χ1n) is 9.79. The predicted molar refractivity (Wildman–Crippen MR) is 113 cm³/mol. The van der Waals surface area contributed by atoms with Crippen molar-refractivity contribution < 1.29 is 0 Å². The molecule has 3 aromatic heterocycles. The lowest BCUT2D eigenvalue weighted by molar-refractivity contribution is 0.246. The molecule has 142 valence electrons. The Hall–Kier alpha value is -2.60. The first kappa shape index (κ1) is 17.5. The number of amidine groups is 1. The lowest BCUT2D eigenvalue weighted by Gasteiger charge is -2.32. The summed E-state index contributed by atoms with van der Waals surface area (Å²) in [5.41, 5.74) is 3.54. The molecule has 3 aromatic rings. The molecule has 28 heavy (non-hydrogen) atoms. The number of nitrogens with zero attached hydrogens (tertiary/aromatic N) is 5. The van der Waals surface area contributed by atoms with Crippen molar-refractivity contribution in [1.29, 1.82) is 0 Å². The molecule has 6 heteroatoms. The van der Waals surface area contributed by atoms with Crippen LogP contribution < -0.4 is 0 Å². The van der Waals surface area contributed by atoms with Crippen LogP contribution >= 0.6 is 11.8 Å². The first-order valence-corrected chi connectivity index (χ1v) is 10.8. The van der Waals surface area contributed by atoms with Crippen LogP contribution in [0, 0.1) is 0 Å². The van der Waals surface area contributed by atoms with Gasteiger partial charge in [-0.15, -0.1) is 0 Å². The van der Waals surface area contributed by atoms with Crippen LogP contribution in [-0.2, 0) is 6.54 Å². The molecule has 2 aliphatic heterocycles. The van der Waals surface area contributed by atoms with Gasteiger partial charge in [0.05, 0.1) is 11.7 Å². The van der Waals surface area contributed by atoms with Crippen LogP contribution in [0.4, 0.5) is 0 Å². The fourth-order valence-corrected chi connectivity index (χ4v) is 5.54. The zero-order valence-electron chi connectivity index (χ0n) is 15.8. The Morgan fingerprint density at radius 2 is 2.07 bits per heavy atom. The average molecular weight is 390 g/mol. The number of thioether (sulfide) groups is 1. The maximum atomic E-state index is 5.12. The topological polar surface area (TPSA) is 46.3 Å². The molecule has 1 fully saturated rings. The zero-order valence-corrected chi connectivity index (χ0v) is 16.7. The van der Waals surface area contributed by atoms with Gasteiger partial charge >= 0.3 is 0 Å². The van der Waals surface area contributed by atoms with Crippen molar-refractivity contribution in [3.05, 3.63) is 84.2 Å². The summed E-state index contributed by atoms with van der Waals surface area (Å²) in [7, 11) is 0. The number of hydrogen-bond acceptors (Lipinski definition) is 5. The summed E-state index contributed by atoms with van der Waals surface area (Å²) < 4.78 is 2.34. The second kappa shape index (κ2) is 7.43. The van der Waals surface area contributed by atoms with Crippen molar-refractivity contribution in [1.82, 2.24) is 19.4 Å². The van der Waals surface area contributed by atoms with Gasteiger partial charge in [0.1, 0.15) is 6.04 Å². The van der Waals surface area contributed by atoms with Crippen molar-refractivity contribution >= 4 is 16.9 Å². The average Bonchev–Trinajstić information content (AvgIpc) is 3.44. The van der Waals surface area contributed by atoms with Gasteiger partial charge in [-0.05, 0) is 42.3 Å². The maximum absolute atomic E-state index is 5.12. The largest absolute Gasteiger partial charge is 0.345 e. The summed E-state index contributed by atoms with van der Waals surface area (Å²) in [6, 6.07) is 15.4. The quantitative estimate of drug-likeness (QED) is 0.652. The summed E-state index contributed by atoms with van der Waals surface area (Å²) in [5, 5.41) is 1.17. The SMILES string of the molecule is CC[C@@H]1CSC2=N[C@H](c3ccccn3)[C@@H](c3cccn3Cc3cccnc3)N21. The zero-order chi connectivity index (χ0) is 18.9. The van der Waals surface area contributed by atoms with Gasteiger partial charge in [0.2, 0.25) is 0 Å². The third kappa shape index (κ3) is 3.02. The number of aliphatic imine (C=N–C) groups is 1. The minimum atomic E-state index is 0.0283. The van der Waals surface area contributed by atoms with E-state index in [9.17, 15) is 0 Å². The Labute approximate surface area is 169 Å². The minimum Gasteiger partial charge on any atom is -0.345 e. The second-order valence-electron chi connectivity index (χ2n) is 7.26. The second-order valence-corrected chi connectivity index (χ2v) is 8.25. The standard InChI is InChI=1S/C22H23N5S/c1-2-17-15-28-22-25-20(18-8-3-4-11-24-18)21(27(17)22)19-9-6-12-26(19)14-16-7-5-10-23-13-16/h3-13,17,20-21H,2,14-15H2,1H3/t17-,20-,21-/m1/s1. The van der Waals surface area contributed by atoms with Crippen molar-refractivity contribution in [2.45, 2.75) is 38.0 Å². The van der Waals surface area contributed by atoms with E-state index in [1.54, 1.807) is 0 Å². The summed E-state index contributed by atoms with van der Waals surface area (Å²) in [6.45, 7) is 3.09. The van der Waals surface area contributed by atoms with Gasteiger partial charge in [0, 0.05) is 48.8 Å². The summed E-state index contributed by atoms with van der Waals surface area (Å²) in [5.74, 6) is 1.12. The molecule has 5 nitrogen and oxygen atoms in total. The van der Waals surface area contributed by atoms with Crippen molar-refractivity contribution in [2.24, 2.45) is 4.99 Å². The van der Waals surface area contributed by atoms with E-state index in [1.165, 1.54) is 16.4 Å². The van der Waals surface area contributed by atoms with Gasteiger partial charge in [-0.25, -0.2) is 0 Å². The highest BCUT2D eigenvalue weighted by Crippen LogP contribution is 2.48. The molecule has 5 rings (SSSR count). The first-order chi connectivity index (χ1) is 13.8.